The van der Waals surface area contributed by atoms with E-state index in [9.17, 15) is 5.11 Å². The number of aliphatic hydroxyl groups is 1. The Hall–Kier alpha value is -0.870. The summed E-state index contributed by atoms with van der Waals surface area (Å²) in [5.41, 5.74) is 0.883. The van der Waals surface area contributed by atoms with E-state index < -0.39 is 6.10 Å². The summed E-state index contributed by atoms with van der Waals surface area (Å²) in [7, 11) is 0. The van der Waals surface area contributed by atoms with Crippen LogP contribution in [-0.2, 0) is 0 Å². The van der Waals surface area contributed by atoms with Crippen LogP contribution in [0.3, 0.4) is 0 Å². The van der Waals surface area contributed by atoms with Crippen LogP contribution in [0.1, 0.15) is 16.5 Å². The van der Waals surface area contributed by atoms with Crippen LogP contribution >= 0.6 is 38.9 Å². The van der Waals surface area contributed by atoms with Gasteiger partial charge in [-0.1, -0.05) is 45.7 Å². The summed E-state index contributed by atoms with van der Waals surface area (Å²) in [6.07, 6.45) is -0.620. The molecule has 0 saturated heterocycles. The summed E-state index contributed by atoms with van der Waals surface area (Å²) in [4.78, 5) is 0.862. The van der Waals surface area contributed by atoms with E-state index in [2.05, 4.69) is 22.0 Å². The van der Waals surface area contributed by atoms with Crippen LogP contribution in [-0.4, -0.2) is 5.11 Å². The SMILES string of the molecule is OC(c1ccc2cc(Br)ccc2c1)c1ccc(Cl)s1. The third-order valence-corrected chi connectivity index (χ3v) is 4.78. The van der Waals surface area contributed by atoms with E-state index in [-0.39, 0.29) is 0 Å². The van der Waals surface area contributed by atoms with Gasteiger partial charge in [0.15, 0.2) is 0 Å². The van der Waals surface area contributed by atoms with E-state index >= 15 is 0 Å². The number of benzene rings is 2. The summed E-state index contributed by atoms with van der Waals surface area (Å²) >= 11 is 10.8. The average Bonchev–Trinajstić information content (AvgIpc) is 2.84. The number of fused-ring (bicyclic) bond motifs is 1. The van der Waals surface area contributed by atoms with Crippen LogP contribution in [0.25, 0.3) is 10.8 Å². The van der Waals surface area contributed by atoms with Gasteiger partial charge in [-0.15, -0.1) is 11.3 Å². The minimum absolute atomic E-state index is 0.620. The Labute approximate surface area is 128 Å². The lowest BCUT2D eigenvalue weighted by Gasteiger charge is -2.10. The van der Waals surface area contributed by atoms with Crippen LogP contribution in [0.2, 0.25) is 4.34 Å². The van der Waals surface area contributed by atoms with Crippen molar-refractivity contribution in [2.24, 2.45) is 0 Å². The predicted molar refractivity (Wildman–Crippen MR) is 85.0 cm³/mol. The predicted octanol–water partition coefficient (Wildman–Crippen LogP) is 5.40. The minimum atomic E-state index is -0.620. The number of thiophene rings is 1. The van der Waals surface area contributed by atoms with Gasteiger partial charge in [0.25, 0.3) is 0 Å². The van der Waals surface area contributed by atoms with Gasteiger partial charge in [0.1, 0.15) is 6.10 Å². The van der Waals surface area contributed by atoms with Crippen LogP contribution < -0.4 is 0 Å². The number of hydrogen-bond acceptors (Lipinski definition) is 2. The number of halogens is 2. The van der Waals surface area contributed by atoms with E-state index in [0.717, 1.165) is 25.7 Å². The van der Waals surface area contributed by atoms with Crippen molar-refractivity contribution < 1.29 is 5.11 Å². The van der Waals surface area contributed by atoms with Crippen molar-refractivity contribution in [3.05, 3.63) is 67.8 Å². The monoisotopic (exact) mass is 352 g/mol. The molecule has 0 aliphatic heterocycles. The van der Waals surface area contributed by atoms with E-state index in [1.807, 2.05) is 42.5 Å². The molecule has 1 unspecified atom stereocenters. The highest BCUT2D eigenvalue weighted by Crippen LogP contribution is 2.32. The molecule has 2 aromatic carbocycles. The van der Waals surface area contributed by atoms with Crippen molar-refractivity contribution in [2.75, 3.05) is 0 Å². The lowest BCUT2D eigenvalue weighted by Crippen LogP contribution is -1.96. The summed E-state index contributed by atoms with van der Waals surface area (Å²) in [6.45, 7) is 0. The highest BCUT2D eigenvalue weighted by molar-refractivity contribution is 9.10. The second-order valence-corrected chi connectivity index (χ2v) is 6.96. The molecular weight excluding hydrogens is 344 g/mol. The van der Waals surface area contributed by atoms with Gasteiger partial charge in [0, 0.05) is 9.35 Å². The standard InChI is InChI=1S/C15H10BrClOS/c16-12-4-3-9-7-11(2-1-10(9)8-12)15(18)13-5-6-14(17)19-13/h1-8,15,18H. The van der Waals surface area contributed by atoms with E-state index in [1.54, 1.807) is 0 Å². The van der Waals surface area contributed by atoms with Crippen molar-refractivity contribution >= 4 is 49.6 Å². The van der Waals surface area contributed by atoms with Gasteiger partial charge in [-0.25, -0.2) is 0 Å². The fourth-order valence-electron chi connectivity index (χ4n) is 2.04. The van der Waals surface area contributed by atoms with Gasteiger partial charge >= 0.3 is 0 Å². The average molecular weight is 354 g/mol. The molecule has 3 aromatic rings. The molecule has 19 heavy (non-hydrogen) atoms. The normalized spacial score (nSPS) is 12.8. The molecule has 1 N–H and O–H groups in total. The Kier molecular flexibility index (Phi) is 3.63. The first-order chi connectivity index (χ1) is 9.13. The zero-order valence-corrected chi connectivity index (χ0v) is 13.0. The maximum atomic E-state index is 10.4. The zero-order chi connectivity index (χ0) is 13.4. The van der Waals surface area contributed by atoms with Gasteiger partial charge < -0.3 is 5.11 Å². The number of aliphatic hydroxyl groups excluding tert-OH is 1. The molecule has 0 aliphatic carbocycles. The van der Waals surface area contributed by atoms with Crippen molar-refractivity contribution in [1.29, 1.82) is 0 Å². The van der Waals surface area contributed by atoms with Crippen LogP contribution in [0.5, 0.6) is 0 Å². The molecule has 0 bridgehead atoms. The third-order valence-electron chi connectivity index (χ3n) is 3.01. The molecule has 96 valence electrons. The van der Waals surface area contributed by atoms with Crippen molar-refractivity contribution in [3.63, 3.8) is 0 Å². The van der Waals surface area contributed by atoms with Crippen LogP contribution in [0.4, 0.5) is 0 Å². The highest BCUT2D eigenvalue weighted by Gasteiger charge is 2.13. The molecule has 0 aliphatic rings. The largest absolute Gasteiger partial charge is 0.383 e. The van der Waals surface area contributed by atoms with Crippen molar-refractivity contribution in [1.82, 2.24) is 0 Å². The topological polar surface area (TPSA) is 20.2 Å². The Morgan fingerprint density at radius 2 is 1.74 bits per heavy atom. The third kappa shape index (κ3) is 2.70. The van der Waals surface area contributed by atoms with E-state index in [4.69, 9.17) is 11.6 Å². The summed E-state index contributed by atoms with van der Waals surface area (Å²) in [5, 5.41) is 12.6. The molecular formula is C15H10BrClOS. The number of rotatable bonds is 2. The fraction of sp³-hybridized carbons (Fsp3) is 0.0667. The maximum absolute atomic E-state index is 10.4. The second kappa shape index (κ2) is 5.25. The molecule has 0 amide bonds. The maximum Gasteiger partial charge on any atom is 0.113 e. The Balaban J connectivity index is 2.03. The Morgan fingerprint density at radius 1 is 1.00 bits per heavy atom. The molecule has 1 heterocycles. The van der Waals surface area contributed by atoms with Crippen molar-refractivity contribution in [3.8, 4) is 0 Å². The molecule has 0 fully saturated rings. The molecule has 1 atom stereocenters. The van der Waals surface area contributed by atoms with E-state index in [1.165, 1.54) is 11.3 Å². The van der Waals surface area contributed by atoms with Gasteiger partial charge in [0.2, 0.25) is 0 Å². The zero-order valence-electron chi connectivity index (χ0n) is 9.81. The Morgan fingerprint density at radius 3 is 2.47 bits per heavy atom. The first kappa shape index (κ1) is 13.1. The van der Waals surface area contributed by atoms with Gasteiger partial charge in [-0.3, -0.25) is 0 Å². The number of hydrogen-bond donors (Lipinski definition) is 1. The van der Waals surface area contributed by atoms with Gasteiger partial charge in [0.05, 0.1) is 4.34 Å². The Bertz CT molecular complexity index is 738. The molecule has 1 nitrogen and oxygen atoms in total. The molecule has 1 aromatic heterocycles. The molecule has 0 saturated carbocycles. The first-order valence-electron chi connectivity index (χ1n) is 5.76. The summed E-state index contributed by atoms with van der Waals surface area (Å²) in [5.74, 6) is 0. The molecule has 0 spiro atoms. The lowest BCUT2D eigenvalue weighted by molar-refractivity contribution is 0.224. The molecule has 0 radical (unpaired) electrons. The molecule has 3 rings (SSSR count). The van der Waals surface area contributed by atoms with Gasteiger partial charge in [-0.05, 0) is 46.7 Å². The van der Waals surface area contributed by atoms with E-state index in [0.29, 0.717) is 4.34 Å². The smallest absolute Gasteiger partial charge is 0.113 e. The summed E-state index contributed by atoms with van der Waals surface area (Å²) < 4.78 is 1.75. The quantitative estimate of drug-likeness (QED) is 0.654. The van der Waals surface area contributed by atoms with Crippen LogP contribution in [0, 0.1) is 0 Å². The fourth-order valence-corrected chi connectivity index (χ4v) is 3.50. The van der Waals surface area contributed by atoms with Gasteiger partial charge in [-0.2, -0.15) is 0 Å². The van der Waals surface area contributed by atoms with Crippen LogP contribution in [0.15, 0.2) is 53.0 Å². The highest BCUT2D eigenvalue weighted by atomic mass is 79.9. The first-order valence-corrected chi connectivity index (χ1v) is 7.75. The second-order valence-electron chi connectivity index (χ2n) is 4.30. The minimum Gasteiger partial charge on any atom is -0.383 e. The molecule has 4 heteroatoms. The lowest BCUT2D eigenvalue weighted by atomic mass is 10.0. The van der Waals surface area contributed by atoms with Crippen molar-refractivity contribution in [2.45, 2.75) is 6.10 Å². The summed E-state index contributed by atoms with van der Waals surface area (Å²) in [6, 6.07) is 15.8.